The summed E-state index contributed by atoms with van der Waals surface area (Å²) in [5, 5.41) is 9.57. The van der Waals surface area contributed by atoms with Gasteiger partial charge in [-0.1, -0.05) is 30.3 Å². The summed E-state index contributed by atoms with van der Waals surface area (Å²) >= 11 is 0. The van der Waals surface area contributed by atoms with Crippen LogP contribution in [0.5, 0.6) is 0 Å². The molecule has 0 aliphatic rings. The highest BCUT2D eigenvalue weighted by molar-refractivity contribution is 5.69. The maximum atomic E-state index is 10.8. The average molecular weight is 193 g/mol. The Balaban J connectivity index is 2.43. The molecule has 14 heavy (non-hydrogen) atoms. The number of aliphatic hydroxyl groups is 1. The first-order valence-electron chi connectivity index (χ1n) is 4.42. The number of ether oxygens (including phenoxy) is 1. The van der Waals surface area contributed by atoms with E-state index >= 15 is 0 Å². The van der Waals surface area contributed by atoms with Gasteiger partial charge in [-0.25, -0.2) is 0 Å². The van der Waals surface area contributed by atoms with Crippen molar-refractivity contribution >= 4 is 5.97 Å². The van der Waals surface area contributed by atoms with Gasteiger partial charge >= 0.3 is 5.97 Å². The molecule has 0 amide bonds. The smallest absolute Gasteiger partial charge is 0.305 e. The van der Waals surface area contributed by atoms with Gasteiger partial charge in [0.15, 0.2) is 0 Å². The number of benzene rings is 1. The van der Waals surface area contributed by atoms with Crippen LogP contribution in [-0.4, -0.2) is 17.7 Å². The van der Waals surface area contributed by atoms with Crippen molar-refractivity contribution in [1.29, 1.82) is 0 Å². The molecule has 0 fully saturated rings. The number of esters is 1. The topological polar surface area (TPSA) is 46.5 Å². The maximum absolute atomic E-state index is 10.8. The fourth-order valence-electron chi connectivity index (χ4n) is 1.02. The molecule has 0 aliphatic carbocycles. The SMILES string of the molecule is [CH2]CC(=O)OCC(O)c1ccccc1. The zero-order valence-electron chi connectivity index (χ0n) is 7.85. The van der Waals surface area contributed by atoms with Crippen LogP contribution in [0.4, 0.5) is 0 Å². The Morgan fingerprint density at radius 1 is 1.43 bits per heavy atom. The molecule has 0 aromatic heterocycles. The zero-order chi connectivity index (χ0) is 10.4. The van der Waals surface area contributed by atoms with Gasteiger partial charge in [-0.05, 0) is 12.5 Å². The van der Waals surface area contributed by atoms with E-state index in [0.717, 1.165) is 5.56 Å². The number of carbonyl (C=O) groups excluding carboxylic acids is 1. The molecular weight excluding hydrogens is 180 g/mol. The monoisotopic (exact) mass is 193 g/mol. The Morgan fingerprint density at radius 2 is 2.07 bits per heavy atom. The molecule has 3 heteroatoms. The molecule has 1 N–H and O–H groups in total. The Hall–Kier alpha value is -1.35. The van der Waals surface area contributed by atoms with Crippen LogP contribution in [0.25, 0.3) is 0 Å². The van der Waals surface area contributed by atoms with E-state index in [9.17, 15) is 9.90 Å². The molecule has 1 unspecified atom stereocenters. The quantitative estimate of drug-likeness (QED) is 0.737. The van der Waals surface area contributed by atoms with Crippen LogP contribution < -0.4 is 0 Å². The minimum atomic E-state index is -0.758. The summed E-state index contributed by atoms with van der Waals surface area (Å²) in [5.74, 6) is -0.403. The summed E-state index contributed by atoms with van der Waals surface area (Å²) in [5.41, 5.74) is 0.740. The lowest BCUT2D eigenvalue weighted by atomic mass is 10.1. The molecule has 0 aliphatic heterocycles. The Kier molecular flexibility index (Phi) is 4.13. The van der Waals surface area contributed by atoms with E-state index in [2.05, 4.69) is 6.92 Å². The van der Waals surface area contributed by atoms with Crippen molar-refractivity contribution in [3.05, 3.63) is 42.8 Å². The van der Waals surface area contributed by atoms with Gasteiger partial charge in [0.25, 0.3) is 0 Å². The van der Waals surface area contributed by atoms with E-state index in [4.69, 9.17) is 4.74 Å². The first kappa shape index (κ1) is 10.7. The van der Waals surface area contributed by atoms with Crippen LogP contribution in [0.3, 0.4) is 0 Å². The van der Waals surface area contributed by atoms with Crippen LogP contribution in [0.1, 0.15) is 18.1 Å². The molecule has 1 rings (SSSR count). The first-order valence-corrected chi connectivity index (χ1v) is 4.42. The Morgan fingerprint density at radius 3 is 2.64 bits per heavy atom. The molecule has 1 atom stereocenters. The average Bonchev–Trinajstić information content (AvgIpc) is 2.26. The summed E-state index contributed by atoms with van der Waals surface area (Å²) in [6, 6.07) is 9.06. The second-order valence-corrected chi connectivity index (χ2v) is 2.86. The predicted octanol–water partition coefficient (Wildman–Crippen LogP) is 1.49. The first-order chi connectivity index (χ1) is 6.74. The maximum Gasteiger partial charge on any atom is 0.305 e. The number of rotatable bonds is 4. The van der Waals surface area contributed by atoms with Crippen LogP contribution >= 0.6 is 0 Å². The van der Waals surface area contributed by atoms with Crippen LogP contribution in [-0.2, 0) is 9.53 Å². The van der Waals surface area contributed by atoms with E-state index < -0.39 is 12.1 Å². The molecule has 3 nitrogen and oxygen atoms in total. The highest BCUT2D eigenvalue weighted by Crippen LogP contribution is 2.12. The molecule has 75 valence electrons. The second kappa shape index (κ2) is 5.40. The predicted molar refractivity (Wildman–Crippen MR) is 52.3 cm³/mol. The van der Waals surface area contributed by atoms with E-state index in [1.165, 1.54) is 0 Å². The third kappa shape index (κ3) is 3.18. The zero-order valence-corrected chi connectivity index (χ0v) is 7.85. The molecule has 1 aromatic carbocycles. The van der Waals surface area contributed by atoms with Crippen molar-refractivity contribution in [1.82, 2.24) is 0 Å². The normalized spacial score (nSPS) is 12.1. The minimum absolute atomic E-state index is 0.0155. The molecule has 0 saturated carbocycles. The Bertz CT molecular complexity index is 282. The van der Waals surface area contributed by atoms with Gasteiger partial charge in [0.2, 0.25) is 0 Å². The highest BCUT2D eigenvalue weighted by atomic mass is 16.5. The van der Waals surface area contributed by atoms with Crippen LogP contribution in [0.2, 0.25) is 0 Å². The molecule has 0 bridgehead atoms. The molecule has 1 aromatic rings. The van der Waals surface area contributed by atoms with Gasteiger partial charge in [-0.3, -0.25) is 4.79 Å². The van der Waals surface area contributed by atoms with Gasteiger partial charge in [0.05, 0.1) is 0 Å². The lowest BCUT2D eigenvalue weighted by Crippen LogP contribution is -2.11. The largest absolute Gasteiger partial charge is 0.463 e. The van der Waals surface area contributed by atoms with Crippen molar-refractivity contribution in [3.8, 4) is 0 Å². The van der Waals surface area contributed by atoms with Gasteiger partial charge in [0.1, 0.15) is 12.7 Å². The molecule has 0 saturated heterocycles. The van der Waals surface area contributed by atoms with Crippen molar-refractivity contribution in [2.45, 2.75) is 12.5 Å². The number of hydrogen-bond donors (Lipinski definition) is 1. The van der Waals surface area contributed by atoms with Gasteiger partial charge in [-0.15, -0.1) is 0 Å². The third-order valence-electron chi connectivity index (χ3n) is 1.79. The summed E-state index contributed by atoms with van der Waals surface area (Å²) in [6.45, 7) is 3.36. The minimum Gasteiger partial charge on any atom is -0.463 e. The summed E-state index contributed by atoms with van der Waals surface area (Å²) in [4.78, 5) is 10.8. The number of hydrogen-bond acceptors (Lipinski definition) is 3. The van der Waals surface area contributed by atoms with Gasteiger partial charge in [-0.2, -0.15) is 0 Å². The van der Waals surface area contributed by atoms with Crippen molar-refractivity contribution in [2.75, 3.05) is 6.61 Å². The lowest BCUT2D eigenvalue weighted by molar-refractivity contribution is -0.145. The van der Waals surface area contributed by atoms with E-state index in [1.54, 1.807) is 12.1 Å². The van der Waals surface area contributed by atoms with Crippen molar-refractivity contribution in [3.63, 3.8) is 0 Å². The Labute approximate surface area is 83.3 Å². The molecule has 1 radical (unpaired) electrons. The second-order valence-electron chi connectivity index (χ2n) is 2.86. The van der Waals surface area contributed by atoms with Crippen LogP contribution in [0, 0.1) is 6.92 Å². The number of aliphatic hydroxyl groups excluding tert-OH is 1. The highest BCUT2D eigenvalue weighted by Gasteiger charge is 2.08. The van der Waals surface area contributed by atoms with Gasteiger partial charge < -0.3 is 9.84 Å². The van der Waals surface area contributed by atoms with E-state index in [1.807, 2.05) is 18.2 Å². The molecule has 0 heterocycles. The van der Waals surface area contributed by atoms with Crippen molar-refractivity contribution < 1.29 is 14.6 Å². The summed E-state index contributed by atoms with van der Waals surface area (Å²) in [6.07, 6.45) is -0.673. The van der Waals surface area contributed by atoms with E-state index in [0.29, 0.717) is 0 Å². The van der Waals surface area contributed by atoms with Crippen LogP contribution in [0.15, 0.2) is 30.3 Å². The van der Waals surface area contributed by atoms with Crippen molar-refractivity contribution in [2.24, 2.45) is 0 Å². The lowest BCUT2D eigenvalue weighted by Gasteiger charge is -2.10. The standard InChI is InChI=1S/C11H13O3/c1-2-11(13)14-8-10(12)9-6-4-3-5-7-9/h3-7,10,12H,1-2,8H2. The fourth-order valence-corrected chi connectivity index (χ4v) is 1.02. The fraction of sp³-hybridized carbons (Fsp3) is 0.273. The molecular formula is C11H13O3. The van der Waals surface area contributed by atoms with Gasteiger partial charge in [0, 0.05) is 6.42 Å². The third-order valence-corrected chi connectivity index (χ3v) is 1.79. The number of carbonyl (C=O) groups is 1. The molecule has 0 spiro atoms. The summed E-state index contributed by atoms with van der Waals surface area (Å²) in [7, 11) is 0. The van der Waals surface area contributed by atoms with E-state index in [-0.39, 0.29) is 13.0 Å². The summed E-state index contributed by atoms with van der Waals surface area (Å²) < 4.78 is 4.76.